The Labute approximate surface area is 112 Å². The van der Waals surface area contributed by atoms with E-state index in [4.69, 9.17) is 5.11 Å². The molecule has 0 unspecified atom stereocenters. The van der Waals surface area contributed by atoms with Crippen molar-refractivity contribution in [3.63, 3.8) is 0 Å². The summed E-state index contributed by atoms with van der Waals surface area (Å²) < 4.78 is 0. The number of hydrogen-bond acceptors (Lipinski definition) is 4. The summed E-state index contributed by atoms with van der Waals surface area (Å²) in [6.07, 6.45) is 2.85. The molecule has 5 heteroatoms. The van der Waals surface area contributed by atoms with Gasteiger partial charge in [0, 0.05) is 30.6 Å². The van der Waals surface area contributed by atoms with Gasteiger partial charge in [-0.05, 0) is 44.2 Å². The lowest BCUT2D eigenvalue weighted by molar-refractivity contribution is -0.131. The first kappa shape index (κ1) is 14.9. The van der Waals surface area contributed by atoms with Crippen LogP contribution < -0.4 is 0 Å². The van der Waals surface area contributed by atoms with Gasteiger partial charge in [-0.25, -0.2) is 4.79 Å². The SMILES string of the molecule is CN(C)CCN(C)Cc1sccc1C=CC(=O)O. The van der Waals surface area contributed by atoms with Crippen molar-refractivity contribution in [3.8, 4) is 0 Å². The Kier molecular flexibility index (Phi) is 6.04. The van der Waals surface area contributed by atoms with E-state index in [0.29, 0.717) is 0 Å². The molecular weight excluding hydrogens is 248 g/mol. The number of nitrogens with zero attached hydrogens (tertiary/aromatic N) is 2. The van der Waals surface area contributed by atoms with Gasteiger partial charge in [0.05, 0.1) is 0 Å². The van der Waals surface area contributed by atoms with Crippen LogP contribution in [0.1, 0.15) is 10.4 Å². The van der Waals surface area contributed by atoms with Crippen LogP contribution in [-0.2, 0) is 11.3 Å². The minimum Gasteiger partial charge on any atom is -0.478 e. The Bertz CT molecular complexity index is 413. The van der Waals surface area contributed by atoms with E-state index < -0.39 is 5.97 Å². The first-order valence-electron chi connectivity index (χ1n) is 5.79. The molecule has 1 aromatic rings. The molecule has 0 saturated heterocycles. The number of rotatable bonds is 7. The van der Waals surface area contributed by atoms with E-state index in [1.807, 2.05) is 11.4 Å². The van der Waals surface area contributed by atoms with Crippen molar-refractivity contribution in [2.75, 3.05) is 34.2 Å². The van der Waals surface area contributed by atoms with Crippen molar-refractivity contribution in [1.29, 1.82) is 0 Å². The molecule has 1 N–H and O–H groups in total. The lowest BCUT2D eigenvalue weighted by Gasteiger charge is -2.18. The van der Waals surface area contributed by atoms with Crippen LogP contribution in [0.3, 0.4) is 0 Å². The van der Waals surface area contributed by atoms with Gasteiger partial charge in [-0.15, -0.1) is 11.3 Å². The van der Waals surface area contributed by atoms with Crippen molar-refractivity contribution in [2.24, 2.45) is 0 Å². The third-order valence-electron chi connectivity index (χ3n) is 2.53. The van der Waals surface area contributed by atoms with Crippen LogP contribution >= 0.6 is 11.3 Å². The molecule has 0 atom stereocenters. The van der Waals surface area contributed by atoms with Crippen LogP contribution in [0.4, 0.5) is 0 Å². The van der Waals surface area contributed by atoms with Crippen molar-refractivity contribution < 1.29 is 9.90 Å². The van der Waals surface area contributed by atoms with Gasteiger partial charge in [-0.3, -0.25) is 0 Å². The molecule has 0 radical (unpaired) electrons. The van der Waals surface area contributed by atoms with E-state index in [0.717, 1.165) is 25.2 Å². The van der Waals surface area contributed by atoms with Crippen molar-refractivity contribution in [1.82, 2.24) is 9.80 Å². The average Bonchev–Trinajstić information content (AvgIpc) is 2.71. The van der Waals surface area contributed by atoms with Gasteiger partial charge in [0.2, 0.25) is 0 Å². The molecule has 0 spiro atoms. The molecule has 0 fully saturated rings. The van der Waals surface area contributed by atoms with Crippen molar-refractivity contribution >= 4 is 23.4 Å². The van der Waals surface area contributed by atoms with E-state index in [9.17, 15) is 4.79 Å². The van der Waals surface area contributed by atoms with Crippen molar-refractivity contribution in [3.05, 3.63) is 28.0 Å². The molecule has 1 aromatic heterocycles. The Morgan fingerprint density at radius 2 is 2.11 bits per heavy atom. The molecule has 18 heavy (non-hydrogen) atoms. The van der Waals surface area contributed by atoms with Crippen LogP contribution in [0, 0.1) is 0 Å². The maximum Gasteiger partial charge on any atom is 0.328 e. The molecule has 1 heterocycles. The molecule has 0 bridgehead atoms. The van der Waals surface area contributed by atoms with Gasteiger partial charge in [0.15, 0.2) is 0 Å². The second kappa shape index (κ2) is 7.31. The summed E-state index contributed by atoms with van der Waals surface area (Å²) in [6.45, 7) is 2.86. The standard InChI is InChI=1S/C13H20N2O2S/c1-14(2)7-8-15(3)10-12-11(6-9-18-12)4-5-13(16)17/h4-6,9H,7-8,10H2,1-3H3,(H,16,17). The summed E-state index contributed by atoms with van der Waals surface area (Å²) in [6, 6.07) is 1.96. The molecule has 4 nitrogen and oxygen atoms in total. The Morgan fingerprint density at radius 3 is 2.72 bits per heavy atom. The second-order valence-electron chi connectivity index (χ2n) is 4.51. The Hall–Kier alpha value is -1.17. The number of carbonyl (C=O) groups is 1. The molecule has 1 rings (SSSR count). The number of thiophene rings is 1. The van der Waals surface area contributed by atoms with E-state index in [1.165, 1.54) is 11.0 Å². The highest BCUT2D eigenvalue weighted by Gasteiger charge is 2.06. The maximum atomic E-state index is 10.5. The highest BCUT2D eigenvalue weighted by atomic mass is 32.1. The first-order chi connectivity index (χ1) is 8.49. The summed E-state index contributed by atoms with van der Waals surface area (Å²) >= 11 is 1.66. The fraction of sp³-hybridized carbons (Fsp3) is 0.462. The molecule has 0 aliphatic rings. The smallest absolute Gasteiger partial charge is 0.328 e. The van der Waals surface area contributed by atoms with Crippen LogP contribution in [0.5, 0.6) is 0 Å². The van der Waals surface area contributed by atoms with Crippen LogP contribution in [0.2, 0.25) is 0 Å². The first-order valence-corrected chi connectivity index (χ1v) is 6.67. The third-order valence-corrected chi connectivity index (χ3v) is 3.45. The van der Waals surface area contributed by atoms with E-state index in [1.54, 1.807) is 17.4 Å². The quantitative estimate of drug-likeness (QED) is 0.766. The van der Waals surface area contributed by atoms with Gasteiger partial charge in [0.1, 0.15) is 0 Å². The summed E-state index contributed by atoms with van der Waals surface area (Å²) in [4.78, 5) is 16.1. The molecule has 0 saturated carbocycles. The zero-order valence-electron chi connectivity index (χ0n) is 11.1. The minimum absolute atomic E-state index is 0.852. The van der Waals surface area contributed by atoms with Gasteiger partial charge in [-0.1, -0.05) is 0 Å². The highest BCUT2D eigenvalue weighted by molar-refractivity contribution is 7.10. The molecule has 0 amide bonds. The number of carboxylic acid groups (broad SMARTS) is 1. The van der Waals surface area contributed by atoms with E-state index >= 15 is 0 Å². The Morgan fingerprint density at radius 1 is 1.39 bits per heavy atom. The largest absolute Gasteiger partial charge is 0.478 e. The molecule has 0 aliphatic heterocycles. The fourth-order valence-electron chi connectivity index (χ4n) is 1.48. The number of carboxylic acids is 1. The van der Waals surface area contributed by atoms with Crippen LogP contribution in [-0.4, -0.2) is 55.1 Å². The minimum atomic E-state index is -0.909. The molecule has 0 aromatic carbocycles. The summed E-state index contributed by atoms with van der Waals surface area (Å²) in [5.74, 6) is -0.909. The lowest BCUT2D eigenvalue weighted by Crippen LogP contribution is -2.28. The Balaban J connectivity index is 2.56. The van der Waals surface area contributed by atoms with Gasteiger partial charge < -0.3 is 14.9 Å². The third kappa shape index (κ3) is 5.44. The summed E-state index contributed by atoms with van der Waals surface area (Å²) in [5.41, 5.74) is 0.999. The second-order valence-corrected chi connectivity index (χ2v) is 5.51. The van der Waals surface area contributed by atoms with Gasteiger partial charge >= 0.3 is 5.97 Å². The number of likely N-dealkylation sites (N-methyl/N-ethyl adjacent to an activating group) is 2. The average molecular weight is 268 g/mol. The lowest BCUT2D eigenvalue weighted by atomic mass is 10.2. The predicted molar refractivity (Wildman–Crippen MR) is 75.9 cm³/mol. The zero-order valence-corrected chi connectivity index (χ0v) is 11.9. The van der Waals surface area contributed by atoms with Crippen LogP contribution in [0.25, 0.3) is 6.08 Å². The van der Waals surface area contributed by atoms with Crippen molar-refractivity contribution in [2.45, 2.75) is 6.54 Å². The molecule has 100 valence electrons. The summed E-state index contributed by atoms with van der Waals surface area (Å²) in [7, 11) is 6.19. The summed E-state index contributed by atoms with van der Waals surface area (Å²) in [5, 5.41) is 10.6. The normalized spacial score (nSPS) is 11.8. The fourth-order valence-corrected chi connectivity index (χ4v) is 2.43. The number of hydrogen-bond donors (Lipinski definition) is 1. The predicted octanol–water partition coefficient (Wildman–Crippen LogP) is 1.84. The zero-order chi connectivity index (χ0) is 13.5. The van der Waals surface area contributed by atoms with Gasteiger partial charge in [-0.2, -0.15) is 0 Å². The van der Waals surface area contributed by atoms with Crippen LogP contribution in [0.15, 0.2) is 17.5 Å². The van der Waals surface area contributed by atoms with E-state index in [2.05, 4.69) is 30.9 Å². The molecular formula is C13H20N2O2S. The molecule has 0 aliphatic carbocycles. The van der Waals surface area contributed by atoms with E-state index in [-0.39, 0.29) is 0 Å². The topological polar surface area (TPSA) is 43.8 Å². The maximum absolute atomic E-state index is 10.5. The monoisotopic (exact) mass is 268 g/mol. The number of aliphatic carboxylic acids is 1. The highest BCUT2D eigenvalue weighted by Crippen LogP contribution is 2.19. The van der Waals surface area contributed by atoms with Gasteiger partial charge in [0.25, 0.3) is 0 Å².